The molecule has 0 N–H and O–H groups in total. The molecule has 0 radical (unpaired) electrons. The van der Waals surface area contributed by atoms with Gasteiger partial charge < -0.3 is 4.90 Å². The highest BCUT2D eigenvalue weighted by Crippen LogP contribution is 2.16. The summed E-state index contributed by atoms with van der Waals surface area (Å²) >= 11 is 0. The number of aryl methyl sites for hydroxylation is 1. The number of hydrogen-bond donors (Lipinski definition) is 0. The zero-order valence-corrected chi connectivity index (χ0v) is 17.2. The number of para-hydroxylation sites is 1. The minimum absolute atomic E-state index is 0.0379. The van der Waals surface area contributed by atoms with E-state index in [1.54, 1.807) is 11.6 Å². The van der Waals surface area contributed by atoms with Crippen molar-refractivity contribution in [2.24, 2.45) is 7.05 Å². The van der Waals surface area contributed by atoms with Crippen LogP contribution in [0.25, 0.3) is 16.7 Å². The number of piperazine rings is 1. The van der Waals surface area contributed by atoms with E-state index in [9.17, 15) is 4.79 Å². The molecule has 7 heteroatoms. The summed E-state index contributed by atoms with van der Waals surface area (Å²) in [5.41, 5.74) is 2.23. The molecule has 0 bridgehead atoms. The zero-order valence-electron chi connectivity index (χ0n) is 17.2. The number of hydrogen-bond acceptors (Lipinski definition) is 5. The van der Waals surface area contributed by atoms with Crippen LogP contribution in [0.1, 0.15) is 11.4 Å². The van der Waals surface area contributed by atoms with E-state index in [2.05, 4.69) is 50.3 Å². The van der Waals surface area contributed by atoms with Gasteiger partial charge in [-0.15, -0.1) is 10.2 Å². The summed E-state index contributed by atoms with van der Waals surface area (Å²) in [4.78, 5) is 17.6. The van der Waals surface area contributed by atoms with Crippen molar-refractivity contribution in [3.63, 3.8) is 0 Å². The molecule has 0 unspecified atom stereocenters. The predicted molar refractivity (Wildman–Crippen MR) is 118 cm³/mol. The van der Waals surface area contributed by atoms with Crippen molar-refractivity contribution < 1.29 is 0 Å². The van der Waals surface area contributed by atoms with Crippen LogP contribution in [0, 0.1) is 0 Å². The van der Waals surface area contributed by atoms with Gasteiger partial charge in [-0.1, -0.05) is 42.5 Å². The first-order valence-electron chi connectivity index (χ1n) is 10.5. The second kappa shape index (κ2) is 8.01. The van der Waals surface area contributed by atoms with Crippen molar-refractivity contribution in [3.8, 4) is 0 Å². The summed E-state index contributed by atoms with van der Waals surface area (Å²) in [7, 11) is 1.76. The molecule has 30 heavy (non-hydrogen) atoms. The number of aromatic nitrogens is 4. The second-order valence-electron chi connectivity index (χ2n) is 7.99. The Hall–Kier alpha value is -3.03. The summed E-state index contributed by atoms with van der Waals surface area (Å²) < 4.78 is 3.61. The van der Waals surface area contributed by atoms with Gasteiger partial charge in [0.25, 0.3) is 5.56 Å². The average Bonchev–Trinajstić information content (AvgIpc) is 3.21. The van der Waals surface area contributed by atoms with Crippen molar-refractivity contribution in [3.05, 3.63) is 76.3 Å². The van der Waals surface area contributed by atoms with Crippen LogP contribution in [-0.2, 0) is 20.0 Å². The summed E-state index contributed by atoms with van der Waals surface area (Å²) in [6.07, 6.45) is 1.09. The molecule has 0 amide bonds. The predicted octanol–water partition coefficient (Wildman–Crippen LogP) is 1.94. The van der Waals surface area contributed by atoms with E-state index < -0.39 is 0 Å². The van der Waals surface area contributed by atoms with Crippen LogP contribution in [-0.4, -0.2) is 61.7 Å². The highest BCUT2D eigenvalue weighted by Gasteiger charge is 2.20. The molecule has 154 valence electrons. The Morgan fingerprint density at radius 3 is 2.37 bits per heavy atom. The minimum atomic E-state index is -0.0379. The number of nitrogens with zero attached hydrogens (tertiary/aromatic N) is 6. The van der Waals surface area contributed by atoms with Gasteiger partial charge in [-0.25, -0.2) is 0 Å². The van der Waals surface area contributed by atoms with E-state index >= 15 is 0 Å². The fourth-order valence-electron chi connectivity index (χ4n) is 4.30. The Kier molecular flexibility index (Phi) is 5.06. The number of rotatable bonds is 5. The fourth-order valence-corrected chi connectivity index (χ4v) is 4.30. The van der Waals surface area contributed by atoms with Crippen molar-refractivity contribution in [2.75, 3.05) is 32.7 Å². The Morgan fingerprint density at radius 1 is 0.867 bits per heavy atom. The van der Waals surface area contributed by atoms with Crippen LogP contribution in [0.5, 0.6) is 0 Å². The van der Waals surface area contributed by atoms with Gasteiger partial charge in [0.05, 0.1) is 17.4 Å². The summed E-state index contributed by atoms with van der Waals surface area (Å²) in [5.74, 6) is 1.48. The van der Waals surface area contributed by atoms with Gasteiger partial charge >= 0.3 is 0 Å². The van der Waals surface area contributed by atoms with Crippen LogP contribution in [0.15, 0.2) is 59.4 Å². The minimum Gasteiger partial charge on any atom is -0.300 e. The third-order valence-electron chi connectivity index (χ3n) is 6.08. The van der Waals surface area contributed by atoms with Crippen LogP contribution in [0.2, 0.25) is 0 Å². The van der Waals surface area contributed by atoms with Crippen molar-refractivity contribution >= 4 is 16.7 Å². The standard InChI is InChI=1S/C23H26N6O/c1-26-22(30)19-9-5-6-10-20(19)29-21(24-25-23(26)29)17-28-15-13-27(14-16-28)12-11-18-7-3-2-4-8-18/h2-10H,11-17H2,1H3. The maximum atomic E-state index is 12.6. The molecule has 2 aromatic carbocycles. The van der Waals surface area contributed by atoms with Crippen molar-refractivity contribution in [1.82, 2.24) is 29.0 Å². The smallest absolute Gasteiger partial charge is 0.262 e. The van der Waals surface area contributed by atoms with Crippen LogP contribution >= 0.6 is 0 Å². The van der Waals surface area contributed by atoms with Gasteiger partial charge in [-0.3, -0.25) is 18.7 Å². The molecule has 0 aliphatic carbocycles. The SMILES string of the molecule is Cn1c(=O)c2ccccc2n2c(CN3CCN(CCc4ccccc4)CC3)nnc12. The molecule has 1 aliphatic heterocycles. The van der Waals surface area contributed by atoms with E-state index in [0.717, 1.165) is 57.0 Å². The summed E-state index contributed by atoms with van der Waals surface area (Å²) in [6.45, 7) is 5.96. The molecule has 1 saturated heterocycles. The summed E-state index contributed by atoms with van der Waals surface area (Å²) in [5, 5.41) is 9.44. The highest BCUT2D eigenvalue weighted by atomic mass is 16.1. The van der Waals surface area contributed by atoms with E-state index in [0.29, 0.717) is 11.2 Å². The molecule has 1 aliphatic rings. The first kappa shape index (κ1) is 19.0. The first-order chi connectivity index (χ1) is 14.7. The molecule has 5 rings (SSSR count). The van der Waals surface area contributed by atoms with Gasteiger partial charge in [-0.05, 0) is 24.1 Å². The van der Waals surface area contributed by atoms with Crippen molar-refractivity contribution in [1.29, 1.82) is 0 Å². The molecule has 0 spiro atoms. The largest absolute Gasteiger partial charge is 0.300 e. The monoisotopic (exact) mass is 402 g/mol. The topological polar surface area (TPSA) is 58.7 Å². The van der Waals surface area contributed by atoms with Gasteiger partial charge in [0.15, 0.2) is 5.82 Å². The van der Waals surface area contributed by atoms with Crippen LogP contribution in [0.3, 0.4) is 0 Å². The third kappa shape index (κ3) is 3.51. The molecular weight excluding hydrogens is 376 g/mol. The number of benzene rings is 2. The molecule has 0 saturated carbocycles. The van der Waals surface area contributed by atoms with Crippen LogP contribution < -0.4 is 5.56 Å². The first-order valence-corrected chi connectivity index (χ1v) is 10.5. The van der Waals surface area contributed by atoms with Gasteiger partial charge in [0.1, 0.15) is 0 Å². The van der Waals surface area contributed by atoms with Gasteiger partial charge in [-0.2, -0.15) is 0 Å². The van der Waals surface area contributed by atoms with E-state index in [4.69, 9.17) is 0 Å². The van der Waals surface area contributed by atoms with Gasteiger partial charge in [0, 0.05) is 39.8 Å². The zero-order chi connectivity index (χ0) is 20.5. The maximum Gasteiger partial charge on any atom is 0.262 e. The van der Waals surface area contributed by atoms with E-state index in [-0.39, 0.29) is 5.56 Å². The lowest BCUT2D eigenvalue weighted by Gasteiger charge is -2.34. The van der Waals surface area contributed by atoms with Crippen LogP contribution in [0.4, 0.5) is 0 Å². The molecule has 0 atom stereocenters. The number of fused-ring (bicyclic) bond motifs is 3. The molecule has 1 fully saturated rings. The van der Waals surface area contributed by atoms with Gasteiger partial charge in [0.2, 0.25) is 5.78 Å². The Bertz CT molecular complexity index is 1220. The Labute approximate surface area is 175 Å². The fraction of sp³-hybridized carbons (Fsp3) is 0.348. The van der Waals surface area contributed by atoms with Crippen molar-refractivity contribution in [2.45, 2.75) is 13.0 Å². The normalized spacial score (nSPS) is 15.9. The molecule has 4 aromatic rings. The lowest BCUT2D eigenvalue weighted by Crippen LogP contribution is -2.46. The Balaban J connectivity index is 1.30. The maximum absolute atomic E-state index is 12.6. The third-order valence-corrected chi connectivity index (χ3v) is 6.08. The summed E-state index contributed by atoms with van der Waals surface area (Å²) in [6, 6.07) is 18.4. The lowest BCUT2D eigenvalue weighted by molar-refractivity contribution is 0.126. The molecule has 2 aromatic heterocycles. The second-order valence-corrected chi connectivity index (χ2v) is 7.99. The molecule has 7 nitrogen and oxygen atoms in total. The molecular formula is C23H26N6O. The van der Waals surface area contributed by atoms with E-state index in [1.165, 1.54) is 5.56 Å². The Morgan fingerprint density at radius 2 is 1.57 bits per heavy atom. The lowest BCUT2D eigenvalue weighted by atomic mass is 10.1. The van der Waals surface area contributed by atoms with E-state index in [1.807, 2.05) is 28.7 Å². The average molecular weight is 403 g/mol. The molecule has 3 heterocycles. The highest BCUT2D eigenvalue weighted by molar-refractivity contribution is 5.80. The quantitative estimate of drug-likeness (QED) is 0.511.